The van der Waals surface area contributed by atoms with Gasteiger partial charge in [0.2, 0.25) is 0 Å². The Bertz CT molecular complexity index is 839. The van der Waals surface area contributed by atoms with Gasteiger partial charge in [-0.25, -0.2) is 8.78 Å². The zero-order chi connectivity index (χ0) is 21.6. The number of allylic oxidation sites excluding steroid dienone is 4. The van der Waals surface area contributed by atoms with Gasteiger partial charge >= 0.3 is 0 Å². The Kier molecular flexibility index (Phi) is 4.34. The number of aliphatic hydroxyl groups excluding tert-OH is 2. The lowest BCUT2D eigenvalue weighted by Gasteiger charge is -2.63. The van der Waals surface area contributed by atoms with Gasteiger partial charge in [0.1, 0.15) is 18.4 Å². The van der Waals surface area contributed by atoms with Crippen molar-refractivity contribution in [1.82, 2.24) is 0 Å². The van der Waals surface area contributed by atoms with Crippen LogP contribution in [0.25, 0.3) is 0 Å². The molecule has 4 rings (SSSR count). The van der Waals surface area contributed by atoms with E-state index in [1.807, 2.05) is 0 Å². The van der Waals surface area contributed by atoms with Crippen molar-refractivity contribution < 1.29 is 33.7 Å². The van der Waals surface area contributed by atoms with Crippen molar-refractivity contribution in [2.24, 2.45) is 28.6 Å². The van der Waals surface area contributed by atoms with E-state index in [-0.39, 0.29) is 24.8 Å². The molecular formula is C22H28F2O5. The smallest absolute Gasteiger partial charge is 0.190 e. The molecule has 3 N–H and O–H groups in total. The number of hydrogen-bond acceptors (Lipinski definition) is 5. The van der Waals surface area contributed by atoms with Crippen LogP contribution >= 0.6 is 0 Å². The summed E-state index contributed by atoms with van der Waals surface area (Å²) in [6.45, 7) is 3.96. The predicted octanol–water partition coefficient (Wildman–Crippen LogP) is 1.84. The average Bonchev–Trinajstić information content (AvgIpc) is 2.86. The van der Waals surface area contributed by atoms with E-state index in [0.717, 1.165) is 6.08 Å². The summed E-state index contributed by atoms with van der Waals surface area (Å²) in [6.07, 6.45) is 0.427. The zero-order valence-corrected chi connectivity index (χ0v) is 16.9. The summed E-state index contributed by atoms with van der Waals surface area (Å²) in [7, 11) is 0. The summed E-state index contributed by atoms with van der Waals surface area (Å²) in [4.78, 5) is 24.3. The van der Waals surface area contributed by atoms with Gasteiger partial charge in [-0.3, -0.25) is 9.59 Å². The van der Waals surface area contributed by atoms with Crippen LogP contribution in [0, 0.1) is 28.6 Å². The number of aliphatic hydroxyl groups is 3. The van der Waals surface area contributed by atoms with Gasteiger partial charge in [0.25, 0.3) is 0 Å². The zero-order valence-electron chi connectivity index (χ0n) is 16.9. The van der Waals surface area contributed by atoms with E-state index in [4.69, 9.17) is 0 Å². The van der Waals surface area contributed by atoms with Crippen molar-refractivity contribution in [2.45, 2.75) is 63.6 Å². The number of hydrogen-bond donors (Lipinski definition) is 3. The molecule has 0 heterocycles. The number of fused-ring (bicyclic) bond motifs is 5. The normalized spacial score (nSPS) is 53.7. The first-order chi connectivity index (χ1) is 13.4. The number of carbonyl (C=O) groups is 2. The molecule has 0 aromatic rings. The standard InChI is InChI=1S/C22H28F2O5/c1-11-6-13-14-8-16(23)15-7-12(26)4-5-19(15,2)21(14,24)17(27)9-20(13,3)22(11,29)18(28)10-25/h4-5,7,11,13-14,16-17,25,27,29H,6,8-10H2,1-3H3/t11-,13-,14-,16-,17+,19?,20?,21?,22?/m0/s1. The highest BCUT2D eigenvalue weighted by atomic mass is 19.1. The third-order valence-corrected chi connectivity index (χ3v) is 8.78. The maximum atomic E-state index is 16.9. The topological polar surface area (TPSA) is 94.8 Å². The van der Waals surface area contributed by atoms with Crippen molar-refractivity contribution in [2.75, 3.05) is 6.61 Å². The Morgan fingerprint density at radius 1 is 1.28 bits per heavy atom. The first kappa shape index (κ1) is 20.8. The Labute approximate surface area is 168 Å². The third-order valence-electron chi connectivity index (χ3n) is 8.78. The first-order valence-electron chi connectivity index (χ1n) is 10.2. The van der Waals surface area contributed by atoms with Crippen molar-refractivity contribution in [3.8, 4) is 0 Å². The monoisotopic (exact) mass is 410 g/mol. The third kappa shape index (κ3) is 2.19. The minimum Gasteiger partial charge on any atom is -0.390 e. The molecule has 0 spiro atoms. The Morgan fingerprint density at radius 3 is 2.55 bits per heavy atom. The van der Waals surface area contributed by atoms with Crippen LogP contribution in [0.1, 0.15) is 40.0 Å². The van der Waals surface area contributed by atoms with E-state index in [1.54, 1.807) is 13.8 Å². The molecule has 4 aliphatic rings. The van der Waals surface area contributed by atoms with Crippen LogP contribution in [0.2, 0.25) is 0 Å². The number of rotatable bonds is 2. The van der Waals surface area contributed by atoms with Gasteiger partial charge in [-0.05, 0) is 55.7 Å². The molecule has 4 unspecified atom stereocenters. The van der Waals surface area contributed by atoms with Crippen molar-refractivity contribution in [3.05, 3.63) is 23.8 Å². The van der Waals surface area contributed by atoms with Crippen molar-refractivity contribution in [3.63, 3.8) is 0 Å². The molecule has 0 bridgehead atoms. The fourth-order valence-corrected chi connectivity index (χ4v) is 7.25. The molecule has 160 valence electrons. The highest BCUT2D eigenvalue weighted by molar-refractivity contribution is 6.01. The molecule has 29 heavy (non-hydrogen) atoms. The Hall–Kier alpha value is -1.44. The molecule has 4 aliphatic carbocycles. The van der Waals surface area contributed by atoms with Gasteiger partial charge in [-0.15, -0.1) is 0 Å². The van der Waals surface area contributed by atoms with Gasteiger partial charge < -0.3 is 15.3 Å². The summed E-state index contributed by atoms with van der Waals surface area (Å²) in [5, 5.41) is 31.9. The molecule has 0 aromatic carbocycles. The van der Waals surface area contributed by atoms with Crippen LogP contribution in [0.3, 0.4) is 0 Å². The molecule has 0 radical (unpaired) electrons. The van der Waals surface area contributed by atoms with E-state index in [0.29, 0.717) is 0 Å². The van der Waals surface area contributed by atoms with Crippen LogP contribution in [0.4, 0.5) is 8.78 Å². The lowest BCUT2D eigenvalue weighted by atomic mass is 9.44. The van der Waals surface area contributed by atoms with Crippen LogP contribution < -0.4 is 0 Å². The van der Waals surface area contributed by atoms with Gasteiger partial charge in [0, 0.05) is 16.7 Å². The lowest BCUT2D eigenvalue weighted by molar-refractivity contribution is -0.223. The van der Waals surface area contributed by atoms with Crippen LogP contribution in [-0.4, -0.2) is 57.0 Å². The van der Waals surface area contributed by atoms with Crippen molar-refractivity contribution >= 4 is 11.6 Å². The molecule has 0 aromatic heterocycles. The SMILES string of the molecule is C[C@H]1C[C@H]2[C@@H]3C[C@H](F)C4=CC(=O)C=CC4(C)C3(F)[C@H](O)CC2(C)C1(O)C(=O)CO. The average molecular weight is 410 g/mol. The molecule has 0 amide bonds. The summed E-state index contributed by atoms with van der Waals surface area (Å²) in [6, 6.07) is 0. The molecule has 0 saturated heterocycles. The molecule has 3 fully saturated rings. The fraction of sp³-hybridized carbons (Fsp3) is 0.727. The van der Waals surface area contributed by atoms with Gasteiger partial charge in [0.05, 0.1) is 6.10 Å². The summed E-state index contributed by atoms with van der Waals surface area (Å²) in [5.74, 6) is -3.24. The maximum absolute atomic E-state index is 16.9. The fourth-order valence-electron chi connectivity index (χ4n) is 7.25. The first-order valence-corrected chi connectivity index (χ1v) is 10.2. The van der Waals surface area contributed by atoms with Gasteiger partial charge in [-0.2, -0.15) is 0 Å². The molecule has 0 aliphatic heterocycles. The van der Waals surface area contributed by atoms with Crippen LogP contribution in [-0.2, 0) is 9.59 Å². The van der Waals surface area contributed by atoms with Crippen molar-refractivity contribution in [1.29, 1.82) is 0 Å². The Morgan fingerprint density at radius 2 is 1.93 bits per heavy atom. The number of carbonyl (C=O) groups excluding carboxylic acids is 2. The van der Waals surface area contributed by atoms with Crippen LogP contribution in [0.15, 0.2) is 23.8 Å². The molecule has 5 nitrogen and oxygen atoms in total. The number of ketones is 2. The highest BCUT2D eigenvalue weighted by Gasteiger charge is 2.76. The molecule has 3 saturated carbocycles. The summed E-state index contributed by atoms with van der Waals surface area (Å²) < 4.78 is 32.1. The second-order valence-corrected chi connectivity index (χ2v) is 9.84. The number of halogens is 2. The minimum atomic E-state index is -2.24. The van der Waals surface area contributed by atoms with E-state index in [9.17, 15) is 24.9 Å². The molecular weight excluding hydrogens is 382 g/mol. The number of Topliss-reactive ketones (excluding diaryl/α,β-unsaturated/α-hetero) is 1. The Balaban J connectivity index is 1.87. The number of alkyl halides is 2. The van der Waals surface area contributed by atoms with Crippen LogP contribution in [0.5, 0.6) is 0 Å². The van der Waals surface area contributed by atoms with E-state index >= 15 is 8.78 Å². The van der Waals surface area contributed by atoms with Gasteiger partial charge in [-0.1, -0.05) is 19.9 Å². The minimum absolute atomic E-state index is 0.0409. The lowest BCUT2D eigenvalue weighted by Crippen LogP contribution is -2.70. The largest absolute Gasteiger partial charge is 0.390 e. The van der Waals surface area contributed by atoms with E-state index < -0.39 is 70.3 Å². The molecule has 9 atom stereocenters. The highest BCUT2D eigenvalue weighted by Crippen LogP contribution is 2.70. The van der Waals surface area contributed by atoms with Gasteiger partial charge in [0.15, 0.2) is 17.2 Å². The second kappa shape index (κ2) is 6.05. The summed E-state index contributed by atoms with van der Waals surface area (Å²) in [5.41, 5.74) is -6.81. The maximum Gasteiger partial charge on any atom is 0.190 e. The second-order valence-electron chi connectivity index (χ2n) is 9.84. The molecule has 7 heteroatoms. The predicted molar refractivity (Wildman–Crippen MR) is 100 cm³/mol. The quantitative estimate of drug-likeness (QED) is 0.646. The van der Waals surface area contributed by atoms with E-state index in [2.05, 4.69) is 0 Å². The van der Waals surface area contributed by atoms with E-state index in [1.165, 1.54) is 19.1 Å². The summed E-state index contributed by atoms with van der Waals surface area (Å²) >= 11 is 0.